The van der Waals surface area contributed by atoms with E-state index in [1.165, 1.54) is 0 Å². The molecule has 0 bridgehead atoms. The monoisotopic (exact) mass is 260 g/mol. The van der Waals surface area contributed by atoms with Crippen LogP contribution >= 0.6 is 0 Å². The molecule has 0 spiro atoms. The van der Waals surface area contributed by atoms with Crippen LogP contribution < -0.4 is 10.6 Å². The second kappa shape index (κ2) is 5.47. The first-order valence-electron chi connectivity index (χ1n) is 5.91. The van der Waals surface area contributed by atoms with E-state index in [1.807, 2.05) is 33.0 Å². The molecule has 0 saturated carbocycles. The molecule has 7 nitrogen and oxygen atoms in total. The van der Waals surface area contributed by atoms with Crippen molar-refractivity contribution in [2.45, 2.75) is 19.9 Å². The van der Waals surface area contributed by atoms with Crippen LogP contribution in [0.3, 0.4) is 0 Å². The zero-order valence-electron chi connectivity index (χ0n) is 11.1. The molecular weight excluding hydrogens is 244 g/mol. The van der Waals surface area contributed by atoms with Gasteiger partial charge >= 0.3 is 6.03 Å². The molecule has 0 radical (unpaired) electrons. The van der Waals surface area contributed by atoms with Gasteiger partial charge in [-0.3, -0.25) is 5.32 Å². The molecule has 2 rings (SSSR count). The van der Waals surface area contributed by atoms with E-state index in [2.05, 4.69) is 25.8 Å². The lowest BCUT2D eigenvalue weighted by molar-refractivity contribution is 0.248. The van der Waals surface area contributed by atoms with E-state index in [0.29, 0.717) is 11.6 Å². The number of urea groups is 1. The summed E-state index contributed by atoms with van der Waals surface area (Å²) in [6.45, 7) is 3.73. The Morgan fingerprint density at radius 1 is 1.47 bits per heavy atom. The van der Waals surface area contributed by atoms with Gasteiger partial charge < -0.3 is 9.88 Å². The molecule has 7 heteroatoms. The highest BCUT2D eigenvalue weighted by Gasteiger charge is 2.14. The first-order chi connectivity index (χ1) is 9.08. The maximum Gasteiger partial charge on any atom is 0.320 e. The molecule has 0 fully saturated rings. The maximum absolute atomic E-state index is 11.9. The van der Waals surface area contributed by atoms with Crippen LogP contribution in [0.1, 0.15) is 24.4 Å². The van der Waals surface area contributed by atoms with E-state index in [9.17, 15) is 4.79 Å². The molecule has 2 aromatic rings. The number of aromatic nitrogens is 4. The van der Waals surface area contributed by atoms with Crippen molar-refractivity contribution >= 4 is 11.8 Å². The largest absolute Gasteiger partial charge is 0.328 e. The average molecular weight is 260 g/mol. The van der Waals surface area contributed by atoms with Gasteiger partial charge in [-0.25, -0.2) is 9.78 Å². The van der Waals surface area contributed by atoms with Crippen molar-refractivity contribution in [3.63, 3.8) is 0 Å². The molecule has 0 aliphatic heterocycles. The zero-order chi connectivity index (χ0) is 13.8. The second-order valence-corrected chi connectivity index (χ2v) is 4.29. The lowest BCUT2D eigenvalue weighted by Crippen LogP contribution is -2.32. The normalized spacial score (nSPS) is 11.9. The Kier molecular flexibility index (Phi) is 3.74. The summed E-state index contributed by atoms with van der Waals surface area (Å²) in [5, 5.41) is 13.2. The molecule has 100 valence electrons. The van der Waals surface area contributed by atoms with Crippen LogP contribution in [0.15, 0.2) is 24.7 Å². The summed E-state index contributed by atoms with van der Waals surface area (Å²) in [4.78, 5) is 16.0. The average Bonchev–Trinajstić information content (AvgIpc) is 2.78. The number of aryl methyl sites for hydroxylation is 2. The van der Waals surface area contributed by atoms with Gasteiger partial charge in [-0.15, -0.1) is 10.2 Å². The predicted octanol–water partition coefficient (Wildman–Crippen LogP) is 1.40. The van der Waals surface area contributed by atoms with E-state index in [4.69, 9.17) is 0 Å². The van der Waals surface area contributed by atoms with Gasteiger partial charge in [0.15, 0.2) is 5.82 Å². The molecular formula is C12H16N6O. The Balaban J connectivity index is 1.99. The molecule has 0 aliphatic rings. The number of carbonyl (C=O) groups excluding carboxylic acids is 1. The van der Waals surface area contributed by atoms with Crippen molar-refractivity contribution in [2.75, 3.05) is 5.32 Å². The lowest BCUT2D eigenvalue weighted by Gasteiger charge is -2.14. The van der Waals surface area contributed by atoms with Crippen LogP contribution in [0, 0.1) is 6.92 Å². The van der Waals surface area contributed by atoms with Gasteiger partial charge in [-0.2, -0.15) is 0 Å². The number of carbonyl (C=O) groups is 1. The van der Waals surface area contributed by atoms with E-state index in [0.717, 1.165) is 5.56 Å². The number of nitrogens with zero attached hydrogens (tertiary/aromatic N) is 4. The molecule has 19 heavy (non-hydrogen) atoms. The first kappa shape index (κ1) is 13.0. The summed E-state index contributed by atoms with van der Waals surface area (Å²) in [5.41, 5.74) is 0.906. The topological polar surface area (TPSA) is 84.7 Å². The third kappa shape index (κ3) is 3.06. The van der Waals surface area contributed by atoms with Crippen molar-refractivity contribution in [3.8, 4) is 0 Å². The molecule has 2 aromatic heterocycles. The number of nitrogens with one attached hydrogen (secondary N) is 2. The number of anilines is 1. The summed E-state index contributed by atoms with van der Waals surface area (Å²) >= 11 is 0. The molecule has 1 atom stereocenters. The summed E-state index contributed by atoms with van der Waals surface area (Å²) in [7, 11) is 1.83. The van der Waals surface area contributed by atoms with Crippen molar-refractivity contribution in [1.29, 1.82) is 0 Å². The summed E-state index contributed by atoms with van der Waals surface area (Å²) in [5.74, 6) is 1.23. The number of hydrogen-bond acceptors (Lipinski definition) is 4. The number of amides is 2. The molecule has 0 saturated heterocycles. The van der Waals surface area contributed by atoms with Gasteiger partial charge in [0.25, 0.3) is 0 Å². The van der Waals surface area contributed by atoms with E-state index >= 15 is 0 Å². The third-order valence-corrected chi connectivity index (χ3v) is 2.72. The zero-order valence-corrected chi connectivity index (χ0v) is 11.1. The Hall–Kier alpha value is -2.44. The highest BCUT2D eigenvalue weighted by atomic mass is 16.2. The standard InChI is InChI=1S/C12H16N6O/c1-8-5-4-6-13-10(8)16-12(19)15-9(2)11-17-14-7-18(11)3/h4-7,9H,1-3H3,(H2,13,15,16,19). The van der Waals surface area contributed by atoms with Crippen LogP contribution in [0.25, 0.3) is 0 Å². The minimum atomic E-state index is -0.322. The minimum Gasteiger partial charge on any atom is -0.328 e. The Morgan fingerprint density at radius 2 is 2.26 bits per heavy atom. The van der Waals surface area contributed by atoms with Gasteiger partial charge in [0.05, 0.1) is 6.04 Å². The number of pyridine rings is 1. The van der Waals surface area contributed by atoms with Gasteiger partial charge in [-0.1, -0.05) is 6.07 Å². The molecule has 2 amide bonds. The van der Waals surface area contributed by atoms with Gasteiger partial charge in [0.1, 0.15) is 12.1 Å². The fraction of sp³-hybridized carbons (Fsp3) is 0.333. The van der Waals surface area contributed by atoms with E-state index in [1.54, 1.807) is 17.1 Å². The van der Waals surface area contributed by atoms with E-state index in [-0.39, 0.29) is 12.1 Å². The Labute approximate surface area is 111 Å². The number of rotatable bonds is 3. The first-order valence-corrected chi connectivity index (χ1v) is 5.91. The quantitative estimate of drug-likeness (QED) is 0.873. The van der Waals surface area contributed by atoms with Gasteiger partial charge in [0, 0.05) is 13.2 Å². The molecule has 2 N–H and O–H groups in total. The molecule has 1 unspecified atom stereocenters. The third-order valence-electron chi connectivity index (χ3n) is 2.72. The molecule has 0 aliphatic carbocycles. The highest BCUT2D eigenvalue weighted by molar-refractivity contribution is 5.89. The summed E-state index contributed by atoms with van der Waals surface area (Å²) in [6.07, 6.45) is 3.23. The Morgan fingerprint density at radius 3 is 2.89 bits per heavy atom. The Bertz CT molecular complexity index is 579. The molecule has 2 heterocycles. The summed E-state index contributed by atoms with van der Waals surface area (Å²) in [6, 6.07) is 3.14. The van der Waals surface area contributed by atoms with Crippen LogP contribution in [0.2, 0.25) is 0 Å². The van der Waals surface area contributed by atoms with Gasteiger partial charge in [0.2, 0.25) is 0 Å². The van der Waals surface area contributed by atoms with Gasteiger partial charge in [-0.05, 0) is 25.5 Å². The van der Waals surface area contributed by atoms with Crippen molar-refractivity contribution < 1.29 is 4.79 Å². The molecule has 0 aromatic carbocycles. The van der Waals surface area contributed by atoms with Crippen LogP contribution in [-0.4, -0.2) is 25.8 Å². The van der Waals surface area contributed by atoms with Crippen LogP contribution in [0.4, 0.5) is 10.6 Å². The van der Waals surface area contributed by atoms with E-state index < -0.39 is 0 Å². The summed E-state index contributed by atoms with van der Waals surface area (Å²) < 4.78 is 1.76. The second-order valence-electron chi connectivity index (χ2n) is 4.29. The lowest BCUT2D eigenvalue weighted by atomic mass is 10.3. The number of hydrogen-bond donors (Lipinski definition) is 2. The van der Waals surface area contributed by atoms with Crippen LogP contribution in [0.5, 0.6) is 0 Å². The fourth-order valence-corrected chi connectivity index (χ4v) is 1.71. The highest BCUT2D eigenvalue weighted by Crippen LogP contribution is 2.10. The minimum absolute atomic E-state index is 0.239. The maximum atomic E-state index is 11.9. The van der Waals surface area contributed by atoms with Crippen molar-refractivity contribution in [2.24, 2.45) is 7.05 Å². The van der Waals surface area contributed by atoms with Crippen LogP contribution in [-0.2, 0) is 7.05 Å². The van der Waals surface area contributed by atoms with Crippen molar-refractivity contribution in [3.05, 3.63) is 36.0 Å². The van der Waals surface area contributed by atoms with Crippen molar-refractivity contribution in [1.82, 2.24) is 25.1 Å². The fourth-order valence-electron chi connectivity index (χ4n) is 1.71. The predicted molar refractivity (Wildman–Crippen MR) is 70.5 cm³/mol. The smallest absolute Gasteiger partial charge is 0.320 e. The SMILES string of the molecule is Cc1cccnc1NC(=O)NC(C)c1nncn1C.